The van der Waals surface area contributed by atoms with Crippen molar-refractivity contribution in [2.75, 3.05) is 5.43 Å². The Morgan fingerprint density at radius 1 is 1.25 bits per heavy atom. The third-order valence-electron chi connectivity index (χ3n) is 3.37. The number of rotatable bonds is 3. The van der Waals surface area contributed by atoms with Crippen LogP contribution in [0.25, 0.3) is 0 Å². The summed E-state index contributed by atoms with van der Waals surface area (Å²) in [4.78, 5) is 7.09. The number of ether oxygens (including phenoxy) is 1. The number of hydrogen-bond donors (Lipinski definition) is 2. The molecule has 1 aromatic rings. The molecule has 5 nitrogen and oxygen atoms in total. The van der Waals surface area contributed by atoms with Gasteiger partial charge in [0.05, 0.1) is 0 Å². The van der Waals surface area contributed by atoms with Crippen LogP contribution >= 0.6 is 0 Å². The number of aromatic nitrogens is 2. The van der Waals surface area contributed by atoms with Crippen molar-refractivity contribution in [1.29, 1.82) is 0 Å². The highest BCUT2D eigenvalue weighted by Crippen LogP contribution is 2.32. The quantitative estimate of drug-likeness (QED) is 0.661. The Hall–Kier alpha value is -1.57. The molecule has 1 aliphatic carbocycles. The Balaban J connectivity index is 2.14. The van der Waals surface area contributed by atoms with Gasteiger partial charge in [-0.15, -0.1) is 0 Å². The number of nitrogens with zero attached hydrogens (tertiary/aromatic N) is 2. The molecule has 3 N–H and O–H groups in total. The van der Waals surface area contributed by atoms with Crippen molar-refractivity contribution < 1.29 is 17.9 Å². The molecule has 20 heavy (non-hydrogen) atoms. The van der Waals surface area contributed by atoms with Crippen LogP contribution < -0.4 is 16.0 Å². The highest BCUT2D eigenvalue weighted by Gasteiger charge is 2.34. The summed E-state index contributed by atoms with van der Waals surface area (Å²) in [5, 5.41) is 0. The van der Waals surface area contributed by atoms with E-state index in [9.17, 15) is 13.2 Å². The minimum atomic E-state index is -4.56. The molecule has 1 heterocycles. The summed E-state index contributed by atoms with van der Waals surface area (Å²) in [6, 6.07) is 0.804. The van der Waals surface area contributed by atoms with Crippen LogP contribution in [0.5, 0.6) is 5.88 Å². The Bertz CT molecular complexity index is 459. The Morgan fingerprint density at radius 3 is 2.45 bits per heavy atom. The molecule has 2 rings (SSSR count). The van der Waals surface area contributed by atoms with Crippen molar-refractivity contribution in [3.05, 3.63) is 11.8 Å². The lowest BCUT2D eigenvalue weighted by Gasteiger charge is -2.26. The molecule has 0 amide bonds. The maximum atomic E-state index is 12.7. The topological polar surface area (TPSA) is 73.1 Å². The Morgan fingerprint density at radius 2 is 1.90 bits per heavy atom. The van der Waals surface area contributed by atoms with E-state index in [2.05, 4.69) is 16.9 Å². The normalized spacial score (nSPS) is 23.4. The molecule has 1 aliphatic rings. The predicted molar refractivity (Wildman–Crippen MR) is 66.9 cm³/mol. The van der Waals surface area contributed by atoms with Crippen molar-refractivity contribution in [1.82, 2.24) is 9.97 Å². The minimum Gasteiger partial charge on any atom is -0.474 e. The lowest BCUT2D eigenvalue weighted by atomic mass is 9.89. The molecule has 1 saturated carbocycles. The zero-order chi connectivity index (χ0) is 14.8. The average molecular weight is 290 g/mol. The summed E-state index contributed by atoms with van der Waals surface area (Å²) in [5.41, 5.74) is 0.952. The number of nitrogens with two attached hydrogens (primary N) is 1. The number of halogens is 3. The van der Waals surface area contributed by atoms with Crippen molar-refractivity contribution in [3.63, 3.8) is 0 Å². The lowest BCUT2D eigenvalue weighted by Crippen LogP contribution is -2.24. The van der Waals surface area contributed by atoms with Crippen LogP contribution in [0.1, 0.15) is 38.3 Å². The van der Waals surface area contributed by atoms with E-state index in [-0.39, 0.29) is 17.9 Å². The van der Waals surface area contributed by atoms with E-state index >= 15 is 0 Å². The van der Waals surface area contributed by atoms with Gasteiger partial charge in [0.2, 0.25) is 11.8 Å². The summed E-state index contributed by atoms with van der Waals surface area (Å²) in [6.45, 7) is 2.15. The second-order valence-corrected chi connectivity index (χ2v) is 5.06. The molecular weight excluding hydrogens is 273 g/mol. The number of nitrogen functional groups attached to an aromatic ring is 1. The molecule has 1 aromatic heterocycles. The maximum Gasteiger partial charge on any atom is 0.433 e. The van der Waals surface area contributed by atoms with Gasteiger partial charge in [-0.25, -0.2) is 10.8 Å². The summed E-state index contributed by atoms with van der Waals surface area (Å²) < 4.78 is 43.6. The summed E-state index contributed by atoms with van der Waals surface area (Å²) in [5.74, 6) is 5.31. The summed E-state index contributed by atoms with van der Waals surface area (Å²) in [7, 11) is 0. The fourth-order valence-corrected chi connectivity index (χ4v) is 2.21. The van der Waals surface area contributed by atoms with Crippen LogP contribution in [-0.2, 0) is 6.18 Å². The van der Waals surface area contributed by atoms with Crippen LogP contribution in [0.2, 0.25) is 0 Å². The second kappa shape index (κ2) is 5.82. The van der Waals surface area contributed by atoms with E-state index in [0.29, 0.717) is 5.92 Å². The molecule has 0 radical (unpaired) electrons. The molecule has 0 saturated heterocycles. The smallest absolute Gasteiger partial charge is 0.433 e. The first-order valence-corrected chi connectivity index (χ1v) is 6.48. The average Bonchev–Trinajstić information content (AvgIpc) is 2.40. The highest BCUT2D eigenvalue weighted by atomic mass is 19.4. The van der Waals surface area contributed by atoms with Gasteiger partial charge in [0.1, 0.15) is 6.10 Å². The van der Waals surface area contributed by atoms with Gasteiger partial charge < -0.3 is 4.74 Å². The van der Waals surface area contributed by atoms with Crippen LogP contribution in [0, 0.1) is 5.92 Å². The van der Waals surface area contributed by atoms with Crippen LogP contribution in [0.3, 0.4) is 0 Å². The number of hydrogen-bond acceptors (Lipinski definition) is 5. The van der Waals surface area contributed by atoms with Gasteiger partial charge in [-0.1, -0.05) is 6.92 Å². The molecule has 0 bridgehead atoms. The van der Waals surface area contributed by atoms with Gasteiger partial charge in [-0.2, -0.15) is 18.2 Å². The molecule has 0 aliphatic heterocycles. The Labute approximate surface area is 114 Å². The molecular formula is C12H17F3N4O. The second-order valence-electron chi connectivity index (χ2n) is 5.06. The number of anilines is 1. The standard InChI is InChI=1S/C12H17F3N4O/c1-7-2-4-8(5-3-7)20-10-6-9(12(13,14)15)17-11(18-10)19-16/h6-8H,2-5,16H2,1H3,(H,17,18,19). The summed E-state index contributed by atoms with van der Waals surface area (Å²) in [6.07, 6.45) is -1.02. The van der Waals surface area contributed by atoms with E-state index in [0.717, 1.165) is 31.7 Å². The van der Waals surface area contributed by atoms with Crippen molar-refractivity contribution in [2.45, 2.75) is 44.9 Å². The van der Waals surface area contributed by atoms with E-state index in [1.54, 1.807) is 0 Å². The number of alkyl halides is 3. The van der Waals surface area contributed by atoms with E-state index in [4.69, 9.17) is 10.6 Å². The third-order valence-corrected chi connectivity index (χ3v) is 3.37. The number of hydrazine groups is 1. The van der Waals surface area contributed by atoms with Gasteiger partial charge in [-0.05, 0) is 31.6 Å². The molecule has 0 aromatic carbocycles. The van der Waals surface area contributed by atoms with Gasteiger partial charge in [0.15, 0.2) is 5.69 Å². The fraction of sp³-hybridized carbons (Fsp3) is 0.667. The largest absolute Gasteiger partial charge is 0.474 e. The lowest BCUT2D eigenvalue weighted by molar-refractivity contribution is -0.141. The molecule has 0 spiro atoms. The molecule has 112 valence electrons. The van der Waals surface area contributed by atoms with Gasteiger partial charge in [-0.3, -0.25) is 5.43 Å². The van der Waals surface area contributed by atoms with Crippen molar-refractivity contribution in [2.24, 2.45) is 11.8 Å². The van der Waals surface area contributed by atoms with Crippen LogP contribution in [0.15, 0.2) is 6.07 Å². The van der Waals surface area contributed by atoms with E-state index in [1.807, 2.05) is 5.43 Å². The van der Waals surface area contributed by atoms with Crippen molar-refractivity contribution in [3.8, 4) is 5.88 Å². The van der Waals surface area contributed by atoms with Gasteiger partial charge >= 0.3 is 6.18 Å². The van der Waals surface area contributed by atoms with Gasteiger partial charge in [0, 0.05) is 6.07 Å². The first-order chi connectivity index (χ1) is 9.38. The minimum absolute atomic E-state index is 0.0974. The zero-order valence-corrected chi connectivity index (χ0v) is 11.1. The predicted octanol–water partition coefficient (Wildman–Crippen LogP) is 2.74. The SMILES string of the molecule is CC1CCC(Oc2cc(C(F)(F)F)nc(NN)n2)CC1. The van der Waals surface area contributed by atoms with Crippen molar-refractivity contribution >= 4 is 5.95 Å². The van der Waals surface area contributed by atoms with E-state index in [1.165, 1.54) is 0 Å². The third kappa shape index (κ3) is 3.72. The molecule has 8 heteroatoms. The first kappa shape index (κ1) is 14.8. The summed E-state index contributed by atoms with van der Waals surface area (Å²) >= 11 is 0. The molecule has 0 unspecified atom stereocenters. The van der Waals surface area contributed by atoms with E-state index < -0.39 is 11.9 Å². The van der Waals surface area contributed by atoms with Gasteiger partial charge in [0.25, 0.3) is 0 Å². The van der Waals surface area contributed by atoms with Crippen LogP contribution in [-0.4, -0.2) is 16.1 Å². The maximum absolute atomic E-state index is 12.7. The number of nitrogens with one attached hydrogen (secondary N) is 1. The zero-order valence-electron chi connectivity index (χ0n) is 11.1. The Kier molecular flexibility index (Phi) is 4.32. The molecule has 1 fully saturated rings. The fourth-order valence-electron chi connectivity index (χ4n) is 2.21. The monoisotopic (exact) mass is 290 g/mol. The highest BCUT2D eigenvalue weighted by molar-refractivity contribution is 5.30. The molecule has 0 atom stereocenters. The van der Waals surface area contributed by atoms with Crippen LogP contribution in [0.4, 0.5) is 19.1 Å². The first-order valence-electron chi connectivity index (χ1n) is 6.48.